The number of rotatable bonds is 9. The number of amides is 2. The first-order chi connectivity index (χ1) is 21.8. The average molecular weight is 630 g/mol. The molecule has 45 heavy (non-hydrogen) atoms. The molecule has 2 aromatic carbocycles. The van der Waals surface area contributed by atoms with Crippen LogP contribution in [0.2, 0.25) is 0 Å². The van der Waals surface area contributed by atoms with Crippen LogP contribution in [0.3, 0.4) is 0 Å². The number of aromatic carboxylic acids is 1. The number of aromatic nitrogens is 1. The Hall–Kier alpha value is -3.44. The molecular weight excluding hydrogens is 590 g/mol. The lowest BCUT2D eigenvalue weighted by atomic mass is 9.53. The van der Waals surface area contributed by atoms with E-state index >= 15 is 0 Å². The Morgan fingerprint density at radius 1 is 0.889 bits per heavy atom. The lowest BCUT2D eigenvalue weighted by molar-refractivity contribution is -0.245. The van der Waals surface area contributed by atoms with Gasteiger partial charge >= 0.3 is 12.0 Å². The molecular formula is C35H39N3O6S. The van der Waals surface area contributed by atoms with Gasteiger partial charge < -0.3 is 30.3 Å². The topological polar surface area (TPSA) is 130 Å². The fourth-order valence-corrected chi connectivity index (χ4v) is 9.26. The van der Waals surface area contributed by atoms with Crippen LogP contribution in [0.15, 0.2) is 71.9 Å². The number of carboxylic acid groups (broad SMARTS) is 1. The Labute approximate surface area is 267 Å². The third kappa shape index (κ3) is 6.74. The Kier molecular flexibility index (Phi) is 8.56. The average Bonchev–Trinajstić information content (AvgIpc) is 3.03. The molecule has 4 saturated carbocycles. The number of hydrogen-bond donors (Lipinski definition) is 4. The number of ether oxygens (including phenoxy) is 2. The van der Waals surface area contributed by atoms with Gasteiger partial charge in [0.15, 0.2) is 6.29 Å². The molecule has 0 unspecified atom stereocenters. The van der Waals surface area contributed by atoms with Gasteiger partial charge in [-0.3, -0.25) is 0 Å². The number of urea groups is 1. The number of thioether (sulfide) groups is 1. The molecule has 5 fully saturated rings. The van der Waals surface area contributed by atoms with Crippen LogP contribution in [0.5, 0.6) is 0 Å². The van der Waals surface area contributed by atoms with Crippen molar-refractivity contribution in [2.45, 2.75) is 80.6 Å². The van der Waals surface area contributed by atoms with Crippen LogP contribution in [-0.4, -0.2) is 44.6 Å². The highest BCUT2D eigenvalue weighted by molar-refractivity contribution is 7.99. The van der Waals surface area contributed by atoms with Crippen LogP contribution in [0, 0.1) is 17.8 Å². The van der Waals surface area contributed by atoms with E-state index in [9.17, 15) is 19.8 Å². The van der Waals surface area contributed by atoms with Gasteiger partial charge in [0.05, 0.1) is 24.4 Å². The third-order valence-corrected chi connectivity index (χ3v) is 11.0. The highest BCUT2D eigenvalue weighted by Crippen LogP contribution is 2.55. The summed E-state index contributed by atoms with van der Waals surface area (Å²) in [5.74, 6) is 1.75. The second-order valence-electron chi connectivity index (χ2n) is 13.2. The smallest absolute Gasteiger partial charge is 0.338 e. The fraction of sp³-hybridized carbons (Fsp3) is 0.457. The van der Waals surface area contributed by atoms with E-state index in [2.05, 4.69) is 15.6 Å². The summed E-state index contributed by atoms with van der Waals surface area (Å²) in [4.78, 5) is 29.1. The Morgan fingerprint density at radius 2 is 1.56 bits per heavy atom. The van der Waals surface area contributed by atoms with E-state index < -0.39 is 12.3 Å². The van der Waals surface area contributed by atoms with Gasteiger partial charge in [0.25, 0.3) is 0 Å². The lowest BCUT2D eigenvalue weighted by Crippen LogP contribution is -2.60. The number of nitrogens with one attached hydrogen (secondary N) is 2. The van der Waals surface area contributed by atoms with Crippen LogP contribution < -0.4 is 10.6 Å². The number of hydrogen-bond acceptors (Lipinski definition) is 7. The minimum absolute atomic E-state index is 0.0340. The van der Waals surface area contributed by atoms with E-state index in [0.29, 0.717) is 22.9 Å². The van der Waals surface area contributed by atoms with E-state index in [-0.39, 0.29) is 35.9 Å². The van der Waals surface area contributed by atoms with Crippen molar-refractivity contribution in [3.05, 3.63) is 89.1 Å². The molecule has 4 bridgehead atoms. The number of nitrogens with zero attached hydrogens (tertiary/aromatic N) is 1. The molecule has 2 amide bonds. The predicted octanol–water partition coefficient (Wildman–Crippen LogP) is 6.70. The number of carboxylic acids is 1. The monoisotopic (exact) mass is 629 g/mol. The molecule has 10 heteroatoms. The van der Waals surface area contributed by atoms with Gasteiger partial charge in [-0.2, -0.15) is 0 Å². The summed E-state index contributed by atoms with van der Waals surface area (Å²) in [5, 5.41) is 25.9. The summed E-state index contributed by atoms with van der Waals surface area (Å²) in [6.07, 6.45) is 8.27. The Balaban J connectivity index is 1.03. The van der Waals surface area contributed by atoms with Crippen molar-refractivity contribution in [2.24, 2.45) is 17.8 Å². The number of pyridine rings is 1. The first-order valence-corrected chi connectivity index (χ1v) is 16.8. The largest absolute Gasteiger partial charge is 0.478 e. The predicted molar refractivity (Wildman–Crippen MR) is 170 cm³/mol. The van der Waals surface area contributed by atoms with E-state index in [1.807, 2.05) is 48.5 Å². The summed E-state index contributed by atoms with van der Waals surface area (Å²) in [6.45, 7) is -0.0340. The van der Waals surface area contributed by atoms with Gasteiger partial charge in [-0.15, -0.1) is 11.8 Å². The number of benzene rings is 2. The van der Waals surface area contributed by atoms with E-state index in [1.54, 1.807) is 18.3 Å². The molecule has 3 aromatic rings. The summed E-state index contributed by atoms with van der Waals surface area (Å²) < 4.78 is 12.9. The number of aliphatic hydroxyl groups is 1. The van der Waals surface area contributed by atoms with Crippen molar-refractivity contribution < 1.29 is 29.3 Å². The van der Waals surface area contributed by atoms with Crippen LogP contribution >= 0.6 is 11.8 Å². The molecule has 5 aliphatic rings. The van der Waals surface area contributed by atoms with Crippen molar-refractivity contribution in [1.29, 1.82) is 0 Å². The van der Waals surface area contributed by atoms with Crippen LogP contribution in [0.25, 0.3) is 0 Å². The molecule has 0 radical (unpaired) electrons. The standard InChI is InChI=1S/C35H39N3O6S/c39-19-21-3-5-25(6-4-21)30-15-28(20-45-31-29(32(40)41)2-1-11-36-31)43-33(44-30)26-7-9-27(10-8-26)37-34(42)38-35-16-22-12-23(17-35)14-24(13-22)18-35/h1-11,22-24,28,30,33,39H,12-20H2,(H,40,41)(H2,37,38,42)/t22?,23?,24?,28-,30+,33+,35?/m0/s1. The second kappa shape index (κ2) is 12.7. The Morgan fingerprint density at radius 3 is 2.20 bits per heavy atom. The normalized spacial score (nSPS) is 30.2. The van der Waals surface area contributed by atoms with Crippen LogP contribution in [0.1, 0.15) is 84.4 Å². The van der Waals surface area contributed by atoms with E-state index in [0.717, 1.165) is 53.7 Å². The molecule has 1 aromatic heterocycles. The van der Waals surface area contributed by atoms with Gasteiger partial charge in [-0.1, -0.05) is 36.4 Å². The maximum Gasteiger partial charge on any atom is 0.338 e. The molecule has 0 spiro atoms. The van der Waals surface area contributed by atoms with Crippen molar-refractivity contribution >= 4 is 29.4 Å². The van der Waals surface area contributed by atoms with Crippen molar-refractivity contribution in [1.82, 2.24) is 10.3 Å². The minimum Gasteiger partial charge on any atom is -0.478 e. The summed E-state index contributed by atoms with van der Waals surface area (Å²) in [7, 11) is 0. The van der Waals surface area contributed by atoms with Gasteiger partial charge in [-0.25, -0.2) is 14.6 Å². The third-order valence-electron chi connectivity index (χ3n) is 9.88. The van der Waals surface area contributed by atoms with Gasteiger partial charge in [0.2, 0.25) is 0 Å². The van der Waals surface area contributed by atoms with Gasteiger partial charge in [0.1, 0.15) is 5.03 Å². The molecule has 4 N–H and O–H groups in total. The number of carbonyl (C=O) groups is 2. The van der Waals surface area contributed by atoms with Crippen molar-refractivity contribution in [2.75, 3.05) is 11.1 Å². The molecule has 236 valence electrons. The van der Waals surface area contributed by atoms with Gasteiger partial charge in [-0.05, 0) is 91.7 Å². The van der Waals surface area contributed by atoms with Gasteiger partial charge in [0, 0.05) is 35.2 Å². The Bertz CT molecular complexity index is 1500. The SMILES string of the molecule is O=C(Nc1ccc([C@@H]2O[C@H](CSc3ncccc3C(=O)O)C[C@H](c3ccc(CO)cc3)O2)cc1)NC12CC3CC(CC(C3)C1)C2. The zero-order chi connectivity index (χ0) is 31.0. The summed E-state index contributed by atoms with van der Waals surface area (Å²) >= 11 is 1.35. The van der Waals surface area contributed by atoms with Crippen LogP contribution in [0.4, 0.5) is 10.5 Å². The van der Waals surface area contributed by atoms with Crippen molar-refractivity contribution in [3.63, 3.8) is 0 Å². The maximum absolute atomic E-state index is 13.1. The summed E-state index contributed by atoms with van der Waals surface area (Å²) in [6, 6.07) is 18.3. The first kappa shape index (κ1) is 30.2. The molecule has 2 heterocycles. The zero-order valence-electron chi connectivity index (χ0n) is 25.1. The number of aliphatic hydroxyl groups excluding tert-OH is 1. The maximum atomic E-state index is 13.1. The minimum atomic E-state index is -1.02. The second-order valence-corrected chi connectivity index (χ2v) is 14.2. The molecule has 3 atom stereocenters. The molecule has 1 aliphatic heterocycles. The van der Waals surface area contributed by atoms with E-state index in [1.165, 1.54) is 31.0 Å². The molecule has 8 rings (SSSR count). The number of anilines is 1. The lowest BCUT2D eigenvalue weighted by Gasteiger charge is -2.56. The quantitative estimate of drug-likeness (QED) is 0.193. The zero-order valence-corrected chi connectivity index (χ0v) is 25.9. The first-order valence-electron chi connectivity index (χ1n) is 15.9. The van der Waals surface area contributed by atoms with Crippen LogP contribution in [-0.2, 0) is 16.1 Å². The highest BCUT2D eigenvalue weighted by atomic mass is 32.2. The highest BCUT2D eigenvalue weighted by Gasteiger charge is 2.51. The summed E-state index contributed by atoms with van der Waals surface area (Å²) in [5.41, 5.74) is 3.42. The fourth-order valence-electron chi connectivity index (χ4n) is 8.25. The number of carbonyl (C=O) groups excluding carboxylic acids is 1. The van der Waals surface area contributed by atoms with Crippen molar-refractivity contribution in [3.8, 4) is 0 Å². The molecule has 1 saturated heterocycles. The molecule has 4 aliphatic carbocycles. The molecule has 9 nitrogen and oxygen atoms in total. The van der Waals surface area contributed by atoms with E-state index in [4.69, 9.17) is 9.47 Å².